The van der Waals surface area contributed by atoms with Crippen LogP contribution in [0, 0.1) is 11.8 Å². The number of aryl methyl sites for hydroxylation is 2. The Morgan fingerprint density at radius 2 is 1.79 bits per heavy atom. The molecule has 0 bridgehead atoms. The first-order valence-corrected chi connectivity index (χ1v) is 13.8. The first-order valence-electron chi connectivity index (χ1n) is 11.8. The Labute approximate surface area is 222 Å². The number of hydrogen-bond donors (Lipinski definition) is 2. The van der Waals surface area contributed by atoms with E-state index in [1.165, 1.54) is 38.7 Å². The highest BCUT2D eigenvalue weighted by Gasteiger charge is 2.47. The largest absolute Gasteiger partial charge is 0.340 e. The predicted octanol–water partition coefficient (Wildman–Crippen LogP) is 2.16. The van der Waals surface area contributed by atoms with Crippen molar-refractivity contribution < 1.29 is 17.2 Å². The number of piperidine rings is 1. The highest BCUT2D eigenvalue weighted by molar-refractivity contribution is 7.89. The number of sulfonamides is 1. The Balaban J connectivity index is 1.70. The molecule has 38 heavy (non-hydrogen) atoms. The quantitative estimate of drug-likeness (QED) is 0.413. The van der Waals surface area contributed by atoms with Gasteiger partial charge in [0.25, 0.3) is 5.92 Å². The number of hydrogen-bond acceptors (Lipinski definition) is 8. The molecule has 2 aromatic heterocycles. The second kappa shape index (κ2) is 10.2. The minimum atomic E-state index is -3.64. The van der Waals surface area contributed by atoms with Crippen LogP contribution < -0.4 is 26.1 Å². The molecule has 0 aliphatic carbocycles. The zero-order valence-corrected chi connectivity index (χ0v) is 22.8. The van der Waals surface area contributed by atoms with Gasteiger partial charge in [0.2, 0.25) is 16.0 Å². The SMILES string of the molecule is CNS(=O)(=O)CCn1c(=O)c(=O)n(C)c2ccc(Nc3nc(N4C[C@@H](C)C(F)(F)[C@@H](C)C4)ncc3Cl)cc21. The molecular formula is C23H28ClF2N7O4S. The number of rotatable bonds is 7. The molecule has 0 saturated carbocycles. The smallest absolute Gasteiger partial charge is 0.316 e. The van der Waals surface area contributed by atoms with Crippen LogP contribution in [0.25, 0.3) is 11.0 Å². The van der Waals surface area contributed by atoms with Crippen LogP contribution in [0.5, 0.6) is 0 Å². The maximum absolute atomic E-state index is 14.3. The third-order valence-electron chi connectivity index (χ3n) is 6.83. The molecule has 2 N–H and O–H groups in total. The highest BCUT2D eigenvalue weighted by Crippen LogP contribution is 2.38. The van der Waals surface area contributed by atoms with Gasteiger partial charge in [0.1, 0.15) is 5.02 Å². The predicted molar refractivity (Wildman–Crippen MR) is 142 cm³/mol. The molecule has 1 aromatic carbocycles. The fourth-order valence-corrected chi connectivity index (χ4v) is 5.24. The van der Waals surface area contributed by atoms with Crippen LogP contribution in [-0.2, 0) is 23.6 Å². The lowest BCUT2D eigenvalue weighted by atomic mass is 9.87. The van der Waals surface area contributed by atoms with Gasteiger partial charge in [-0.15, -0.1) is 0 Å². The molecule has 0 unspecified atom stereocenters. The summed E-state index contributed by atoms with van der Waals surface area (Å²) in [5, 5.41) is 3.23. The molecule has 1 fully saturated rings. The molecule has 1 aliphatic rings. The number of halogens is 3. The minimum absolute atomic E-state index is 0.0736. The van der Waals surface area contributed by atoms with Crippen molar-refractivity contribution in [2.75, 3.05) is 36.1 Å². The van der Waals surface area contributed by atoms with Crippen LogP contribution in [0.15, 0.2) is 34.0 Å². The van der Waals surface area contributed by atoms with Gasteiger partial charge in [-0.2, -0.15) is 4.98 Å². The third-order valence-corrected chi connectivity index (χ3v) is 8.45. The molecule has 0 spiro atoms. The second-order valence-corrected chi connectivity index (χ2v) is 11.9. The van der Waals surface area contributed by atoms with Crippen LogP contribution in [0.1, 0.15) is 13.8 Å². The van der Waals surface area contributed by atoms with Crippen LogP contribution >= 0.6 is 11.6 Å². The van der Waals surface area contributed by atoms with Gasteiger partial charge in [-0.05, 0) is 25.2 Å². The fraction of sp³-hybridized carbons (Fsp3) is 0.478. The fourth-order valence-electron chi connectivity index (χ4n) is 4.48. The van der Waals surface area contributed by atoms with Crippen molar-refractivity contribution in [3.63, 3.8) is 0 Å². The standard InChI is InChI=1S/C23H28ClF2N7O4S/c1-13-11-32(12-14(2)23(13,25)26)22-28-10-16(24)19(30-22)29-15-5-6-17-18(9-15)33(7-8-38(36,37)27-3)21(35)20(34)31(17)4/h5-6,9-10,13-14,27H,7-8,11-12H2,1-4H3,(H,28,29,30)/t13-,14+. The van der Waals surface area contributed by atoms with E-state index < -0.39 is 44.7 Å². The summed E-state index contributed by atoms with van der Waals surface area (Å²) >= 11 is 6.32. The molecule has 0 radical (unpaired) electrons. The highest BCUT2D eigenvalue weighted by atomic mass is 35.5. The average Bonchev–Trinajstić information content (AvgIpc) is 2.87. The maximum Gasteiger partial charge on any atom is 0.316 e. The van der Waals surface area contributed by atoms with Gasteiger partial charge >= 0.3 is 11.1 Å². The van der Waals surface area contributed by atoms with Crippen molar-refractivity contribution in [1.29, 1.82) is 0 Å². The molecule has 3 heterocycles. The van der Waals surface area contributed by atoms with Crippen molar-refractivity contribution >= 4 is 50.1 Å². The first kappa shape index (κ1) is 27.9. The van der Waals surface area contributed by atoms with Crippen molar-refractivity contribution in [3.05, 3.63) is 50.1 Å². The average molecular weight is 572 g/mol. The zero-order valence-electron chi connectivity index (χ0n) is 21.2. The van der Waals surface area contributed by atoms with Gasteiger partial charge < -0.3 is 19.4 Å². The van der Waals surface area contributed by atoms with Crippen molar-refractivity contribution in [2.45, 2.75) is 26.3 Å². The summed E-state index contributed by atoms with van der Waals surface area (Å²) in [4.78, 5) is 35.6. The molecule has 15 heteroatoms. The summed E-state index contributed by atoms with van der Waals surface area (Å²) in [6.07, 6.45) is 1.37. The summed E-state index contributed by atoms with van der Waals surface area (Å²) in [5.41, 5.74) is -0.484. The third kappa shape index (κ3) is 5.24. The summed E-state index contributed by atoms with van der Waals surface area (Å²) in [6, 6.07) is 4.82. The number of alkyl halides is 2. The van der Waals surface area contributed by atoms with Crippen LogP contribution in [0.3, 0.4) is 0 Å². The maximum atomic E-state index is 14.3. The minimum Gasteiger partial charge on any atom is -0.340 e. The van der Waals surface area contributed by atoms with Gasteiger partial charge in [-0.1, -0.05) is 25.4 Å². The van der Waals surface area contributed by atoms with Gasteiger partial charge in [0, 0.05) is 44.2 Å². The van der Waals surface area contributed by atoms with E-state index in [1.807, 2.05) is 0 Å². The molecule has 206 valence electrons. The van der Waals surface area contributed by atoms with Gasteiger partial charge in [0.15, 0.2) is 5.82 Å². The van der Waals surface area contributed by atoms with E-state index in [0.29, 0.717) is 16.7 Å². The Morgan fingerprint density at radius 3 is 2.42 bits per heavy atom. The molecule has 3 aromatic rings. The molecule has 4 rings (SSSR count). The molecule has 1 saturated heterocycles. The molecule has 2 atom stereocenters. The normalized spacial score (nSPS) is 19.6. The Morgan fingerprint density at radius 1 is 1.13 bits per heavy atom. The van der Waals surface area contributed by atoms with E-state index in [1.54, 1.807) is 23.1 Å². The molecule has 1 aliphatic heterocycles. The van der Waals surface area contributed by atoms with Crippen LogP contribution in [-0.4, -0.2) is 59.3 Å². The van der Waals surface area contributed by atoms with Crippen LogP contribution in [0.2, 0.25) is 5.02 Å². The van der Waals surface area contributed by atoms with E-state index in [4.69, 9.17) is 11.6 Å². The zero-order chi connectivity index (χ0) is 28.0. The van der Waals surface area contributed by atoms with E-state index in [9.17, 15) is 26.8 Å². The monoisotopic (exact) mass is 571 g/mol. The first-order chi connectivity index (χ1) is 17.7. The van der Waals surface area contributed by atoms with Crippen molar-refractivity contribution in [2.24, 2.45) is 18.9 Å². The summed E-state index contributed by atoms with van der Waals surface area (Å²) in [5.74, 6) is -4.53. The van der Waals surface area contributed by atoms with Crippen LogP contribution in [0.4, 0.5) is 26.2 Å². The summed E-state index contributed by atoms with van der Waals surface area (Å²) < 4.78 is 57.0. The van der Waals surface area contributed by atoms with E-state index >= 15 is 0 Å². The second-order valence-electron chi connectivity index (χ2n) is 9.42. The molecule has 11 nitrogen and oxygen atoms in total. The summed E-state index contributed by atoms with van der Waals surface area (Å²) in [7, 11) is -0.929. The van der Waals surface area contributed by atoms with E-state index in [-0.39, 0.29) is 36.4 Å². The van der Waals surface area contributed by atoms with Gasteiger partial charge in [-0.3, -0.25) is 9.59 Å². The Hall–Kier alpha value is -3.10. The number of nitrogens with one attached hydrogen (secondary N) is 2. The number of anilines is 3. The van der Waals surface area contributed by atoms with E-state index in [0.717, 1.165) is 4.57 Å². The molecular weight excluding hydrogens is 544 g/mol. The lowest BCUT2D eigenvalue weighted by Gasteiger charge is -2.41. The lowest BCUT2D eigenvalue weighted by Crippen LogP contribution is -2.52. The lowest BCUT2D eigenvalue weighted by molar-refractivity contribution is -0.105. The van der Waals surface area contributed by atoms with E-state index in [2.05, 4.69) is 20.0 Å². The summed E-state index contributed by atoms with van der Waals surface area (Å²) in [6.45, 7) is 2.88. The van der Waals surface area contributed by atoms with Gasteiger partial charge in [0.05, 0.1) is 23.0 Å². The molecule has 0 amide bonds. The Bertz CT molecular complexity index is 1600. The van der Waals surface area contributed by atoms with Crippen molar-refractivity contribution in [3.8, 4) is 0 Å². The Kier molecular flexibility index (Phi) is 7.51. The van der Waals surface area contributed by atoms with Gasteiger partial charge in [-0.25, -0.2) is 26.9 Å². The topological polar surface area (TPSA) is 131 Å². The number of aromatic nitrogens is 4. The van der Waals surface area contributed by atoms with Crippen molar-refractivity contribution in [1.82, 2.24) is 23.8 Å². The number of benzene rings is 1. The number of nitrogens with zero attached hydrogens (tertiary/aromatic N) is 5. The number of fused-ring (bicyclic) bond motifs is 1.